The van der Waals surface area contributed by atoms with Crippen LogP contribution in [0.5, 0.6) is 0 Å². The molecule has 1 aromatic heterocycles. The number of ether oxygens (including phenoxy) is 1. The maximum Gasteiger partial charge on any atom is 0.358 e. The van der Waals surface area contributed by atoms with Gasteiger partial charge < -0.3 is 15.4 Å². The minimum Gasteiger partial charge on any atom is -0.464 e. The van der Waals surface area contributed by atoms with Crippen molar-refractivity contribution >= 4 is 11.8 Å². The summed E-state index contributed by atoms with van der Waals surface area (Å²) in [4.78, 5) is 11.2. The molecule has 1 fully saturated rings. The molecule has 6 heteroatoms. The Balaban J connectivity index is 1.77. The molecule has 1 saturated heterocycles. The van der Waals surface area contributed by atoms with Crippen LogP contribution in [0.1, 0.15) is 29.8 Å². The van der Waals surface area contributed by atoms with Gasteiger partial charge in [0, 0.05) is 12.6 Å². The minimum absolute atomic E-state index is 0.223. The van der Waals surface area contributed by atoms with Crippen LogP contribution in [0.3, 0.4) is 0 Å². The number of esters is 1. The average Bonchev–Trinajstić information content (AvgIpc) is 2.92. The molecule has 0 unspecified atom stereocenters. The molecule has 1 aliphatic rings. The monoisotopic (exact) mass is 250 g/mol. The smallest absolute Gasteiger partial charge is 0.358 e. The number of aromatic nitrogens is 2. The summed E-state index contributed by atoms with van der Waals surface area (Å²) in [5.41, 5.74) is 0.223. The molecular weight excluding hydrogens is 232 g/mol. The van der Waals surface area contributed by atoms with Gasteiger partial charge in [0.15, 0.2) is 5.69 Å². The second-order valence-electron chi connectivity index (χ2n) is 4.30. The fourth-order valence-corrected chi connectivity index (χ4v) is 2.02. The molecule has 0 aliphatic carbocycles. The van der Waals surface area contributed by atoms with Gasteiger partial charge in [0.2, 0.25) is 0 Å². The Labute approximate surface area is 106 Å². The van der Waals surface area contributed by atoms with Gasteiger partial charge in [-0.15, -0.1) is 10.2 Å². The van der Waals surface area contributed by atoms with E-state index in [1.54, 1.807) is 12.1 Å². The Morgan fingerprint density at radius 2 is 2.44 bits per heavy atom. The quantitative estimate of drug-likeness (QED) is 0.753. The number of nitrogens with one attached hydrogen (secondary N) is 2. The highest BCUT2D eigenvalue weighted by molar-refractivity contribution is 5.86. The van der Waals surface area contributed by atoms with E-state index < -0.39 is 5.97 Å². The SMILES string of the molecule is COC(=O)c1ccc(NCC[C@@H]2CCCN2)nn1. The third-order valence-electron chi connectivity index (χ3n) is 3.02. The molecule has 98 valence electrons. The number of nitrogens with zero attached hydrogens (tertiary/aromatic N) is 2. The molecule has 0 aromatic carbocycles. The van der Waals surface area contributed by atoms with Crippen molar-refractivity contribution in [1.82, 2.24) is 15.5 Å². The number of hydrogen-bond acceptors (Lipinski definition) is 6. The van der Waals surface area contributed by atoms with Crippen molar-refractivity contribution < 1.29 is 9.53 Å². The molecule has 1 aliphatic heterocycles. The summed E-state index contributed by atoms with van der Waals surface area (Å²) < 4.78 is 4.55. The number of carbonyl (C=O) groups excluding carboxylic acids is 1. The van der Waals surface area contributed by atoms with E-state index in [9.17, 15) is 4.79 Å². The van der Waals surface area contributed by atoms with E-state index in [1.165, 1.54) is 20.0 Å². The van der Waals surface area contributed by atoms with Gasteiger partial charge in [0.05, 0.1) is 7.11 Å². The maximum atomic E-state index is 11.2. The van der Waals surface area contributed by atoms with E-state index in [4.69, 9.17) is 0 Å². The number of methoxy groups -OCH3 is 1. The van der Waals surface area contributed by atoms with E-state index in [0.717, 1.165) is 19.5 Å². The fraction of sp³-hybridized carbons (Fsp3) is 0.583. The second kappa shape index (κ2) is 6.30. The highest BCUT2D eigenvalue weighted by Gasteiger charge is 2.13. The first-order valence-electron chi connectivity index (χ1n) is 6.19. The molecule has 18 heavy (non-hydrogen) atoms. The first-order valence-corrected chi connectivity index (χ1v) is 6.19. The normalized spacial score (nSPS) is 18.6. The van der Waals surface area contributed by atoms with Crippen LogP contribution in [0.25, 0.3) is 0 Å². The van der Waals surface area contributed by atoms with Gasteiger partial charge in [-0.25, -0.2) is 4.79 Å². The summed E-state index contributed by atoms with van der Waals surface area (Å²) in [7, 11) is 1.32. The molecule has 0 bridgehead atoms. The largest absolute Gasteiger partial charge is 0.464 e. The van der Waals surface area contributed by atoms with Crippen LogP contribution < -0.4 is 10.6 Å². The van der Waals surface area contributed by atoms with Crippen molar-refractivity contribution in [2.75, 3.05) is 25.5 Å². The topological polar surface area (TPSA) is 76.1 Å². The summed E-state index contributed by atoms with van der Waals surface area (Å²) in [5, 5.41) is 14.4. The van der Waals surface area contributed by atoms with Crippen molar-refractivity contribution in [3.05, 3.63) is 17.8 Å². The van der Waals surface area contributed by atoms with Crippen LogP contribution in [-0.2, 0) is 4.74 Å². The van der Waals surface area contributed by atoms with Crippen molar-refractivity contribution in [1.29, 1.82) is 0 Å². The molecule has 0 spiro atoms. The van der Waals surface area contributed by atoms with Crippen molar-refractivity contribution in [3.63, 3.8) is 0 Å². The summed E-state index contributed by atoms with van der Waals surface area (Å²) in [6.45, 7) is 1.97. The van der Waals surface area contributed by atoms with Gasteiger partial charge in [0.25, 0.3) is 0 Å². The maximum absolute atomic E-state index is 11.2. The minimum atomic E-state index is -0.468. The third-order valence-corrected chi connectivity index (χ3v) is 3.02. The van der Waals surface area contributed by atoms with E-state index in [0.29, 0.717) is 11.9 Å². The summed E-state index contributed by atoms with van der Waals surface area (Å²) in [5.74, 6) is 0.213. The molecule has 2 heterocycles. The zero-order valence-electron chi connectivity index (χ0n) is 10.5. The lowest BCUT2D eigenvalue weighted by Gasteiger charge is -2.10. The van der Waals surface area contributed by atoms with E-state index in [1.807, 2.05) is 0 Å². The summed E-state index contributed by atoms with van der Waals surface area (Å²) >= 11 is 0. The van der Waals surface area contributed by atoms with Gasteiger partial charge >= 0.3 is 5.97 Å². The Morgan fingerprint density at radius 3 is 3.06 bits per heavy atom. The van der Waals surface area contributed by atoms with Gasteiger partial charge in [-0.1, -0.05) is 0 Å². The van der Waals surface area contributed by atoms with Gasteiger partial charge in [-0.05, 0) is 37.9 Å². The lowest BCUT2D eigenvalue weighted by molar-refractivity contribution is 0.0593. The number of carbonyl (C=O) groups is 1. The van der Waals surface area contributed by atoms with Crippen LogP contribution >= 0.6 is 0 Å². The van der Waals surface area contributed by atoms with Crippen molar-refractivity contribution in [2.24, 2.45) is 0 Å². The van der Waals surface area contributed by atoms with E-state index in [-0.39, 0.29) is 5.69 Å². The Hall–Kier alpha value is -1.69. The van der Waals surface area contributed by atoms with Crippen LogP contribution in [0, 0.1) is 0 Å². The summed E-state index contributed by atoms with van der Waals surface area (Å²) in [6.07, 6.45) is 3.58. The molecule has 2 rings (SSSR count). The predicted octanol–water partition coefficient (Wildman–Crippen LogP) is 0.817. The number of hydrogen-bond donors (Lipinski definition) is 2. The molecule has 6 nitrogen and oxygen atoms in total. The molecule has 1 aromatic rings. The number of rotatable bonds is 5. The molecule has 0 radical (unpaired) electrons. The standard InChI is InChI=1S/C12H18N4O2/c1-18-12(17)10-4-5-11(16-15-10)14-8-6-9-3-2-7-13-9/h4-5,9,13H,2-3,6-8H2,1H3,(H,14,16)/t9-/m0/s1. The Morgan fingerprint density at radius 1 is 1.56 bits per heavy atom. The van der Waals surface area contributed by atoms with E-state index in [2.05, 4.69) is 25.6 Å². The van der Waals surface area contributed by atoms with Crippen LogP contribution in [-0.4, -0.2) is 42.4 Å². The lowest BCUT2D eigenvalue weighted by Crippen LogP contribution is -2.24. The predicted molar refractivity (Wildman–Crippen MR) is 67.5 cm³/mol. The zero-order chi connectivity index (χ0) is 12.8. The third kappa shape index (κ3) is 3.40. The van der Waals surface area contributed by atoms with Crippen LogP contribution in [0.4, 0.5) is 5.82 Å². The highest BCUT2D eigenvalue weighted by Crippen LogP contribution is 2.09. The zero-order valence-corrected chi connectivity index (χ0v) is 10.5. The molecule has 0 saturated carbocycles. The first kappa shape index (κ1) is 12.8. The van der Waals surface area contributed by atoms with Gasteiger partial charge in [-0.2, -0.15) is 0 Å². The first-order chi connectivity index (χ1) is 8.79. The fourth-order valence-electron chi connectivity index (χ4n) is 2.02. The van der Waals surface area contributed by atoms with Gasteiger partial charge in [0.1, 0.15) is 5.82 Å². The average molecular weight is 250 g/mol. The molecular formula is C12H18N4O2. The highest BCUT2D eigenvalue weighted by atomic mass is 16.5. The Bertz CT molecular complexity index is 388. The molecule has 1 atom stereocenters. The lowest BCUT2D eigenvalue weighted by atomic mass is 10.1. The van der Waals surface area contributed by atoms with Crippen LogP contribution in [0.15, 0.2) is 12.1 Å². The van der Waals surface area contributed by atoms with Gasteiger partial charge in [-0.3, -0.25) is 0 Å². The van der Waals surface area contributed by atoms with Crippen LogP contribution in [0.2, 0.25) is 0 Å². The van der Waals surface area contributed by atoms with Crippen molar-refractivity contribution in [3.8, 4) is 0 Å². The second-order valence-corrected chi connectivity index (χ2v) is 4.30. The molecule has 2 N–H and O–H groups in total. The number of anilines is 1. The summed E-state index contributed by atoms with van der Waals surface area (Å²) in [6, 6.07) is 3.95. The van der Waals surface area contributed by atoms with E-state index >= 15 is 0 Å². The van der Waals surface area contributed by atoms with Crippen molar-refractivity contribution in [2.45, 2.75) is 25.3 Å². The molecule has 0 amide bonds. The Kier molecular flexibility index (Phi) is 4.46.